The van der Waals surface area contributed by atoms with Gasteiger partial charge in [-0.05, 0) is 29.3 Å². The van der Waals surface area contributed by atoms with Gasteiger partial charge in [0.15, 0.2) is 0 Å². The van der Waals surface area contributed by atoms with Gasteiger partial charge in [0.2, 0.25) is 0 Å². The number of hydroxylamine groups is 2. The Balaban J connectivity index is 0.000000196. The third-order valence-corrected chi connectivity index (χ3v) is 4.42. The molecule has 0 aromatic heterocycles. The van der Waals surface area contributed by atoms with Gasteiger partial charge >= 0.3 is 0 Å². The van der Waals surface area contributed by atoms with E-state index in [9.17, 15) is 0 Å². The van der Waals surface area contributed by atoms with Crippen molar-refractivity contribution in [1.29, 1.82) is 0 Å². The molecule has 1 atom stereocenters. The molecule has 1 aromatic rings. The zero-order chi connectivity index (χ0) is 15.4. The highest BCUT2D eigenvalue weighted by molar-refractivity contribution is 5.80. The lowest BCUT2D eigenvalue weighted by atomic mass is 10.0. The number of fused-ring (bicyclic) bond motifs is 1. The van der Waals surface area contributed by atoms with Gasteiger partial charge in [-0.1, -0.05) is 55.5 Å². The molecule has 1 aromatic carbocycles. The number of nitrogens with zero attached hydrogens (tertiary/aromatic N) is 2. The van der Waals surface area contributed by atoms with Gasteiger partial charge in [-0.2, -0.15) is 5.06 Å². The van der Waals surface area contributed by atoms with Crippen LogP contribution in [0.5, 0.6) is 0 Å². The summed E-state index contributed by atoms with van der Waals surface area (Å²) in [5, 5.41) is 2.05. The summed E-state index contributed by atoms with van der Waals surface area (Å²) in [6.45, 7) is 6.33. The van der Waals surface area contributed by atoms with Crippen molar-refractivity contribution >= 4 is 0 Å². The topological polar surface area (TPSA) is 15.7 Å². The average molecular weight is 296 g/mol. The average Bonchev–Trinajstić information content (AvgIpc) is 3.20. The second-order valence-electron chi connectivity index (χ2n) is 5.71. The van der Waals surface area contributed by atoms with E-state index in [0.29, 0.717) is 6.04 Å². The highest BCUT2D eigenvalue weighted by atomic mass is 16.7. The Kier molecular flexibility index (Phi) is 4.88. The fourth-order valence-corrected chi connectivity index (χ4v) is 3.01. The van der Waals surface area contributed by atoms with Crippen LogP contribution in [0.25, 0.3) is 11.1 Å². The molecule has 1 unspecified atom stereocenters. The number of rotatable bonds is 3. The maximum atomic E-state index is 5.34. The molecule has 1 heterocycles. The third kappa shape index (κ3) is 3.55. The molecular weight excluding hydrogens is 272 g/mol. The Bertz CT molecular complexity index is 582. The lowest BCUT2D eigenvalue weighted by molar-refractivity contribution is -0.165. The quantitative estimate of drug-likeness (QED) is 0.734. The lowest BCUT2D eigenvalue weighted by Gasteiger charge is -2.40. The first-order valence-corrected chi connectivity index (χ1v) is 8.00. The van der Waals surface area contributed by atoms with Crippen LogP contribution in [0.15, 0.2) is 54.6 Å². The molecule has 1 saturated heterocycles. The van der Waals surface area contributed by atoms with Crippen LogP contribution < -0.4 is 0 Å². The van der Waals surface area contributed by atoms with Gasteiger partial charge in [-0.3, -0.25) is 4.90 Å². The molecule has 2 aliphatic carbocycles. The Morgan fingerprint density at radius 3 is 2.23 bits per heavy atom. The lowest BCUT2D eigenvalue weighted by Crippen LogP contribution is -2.47. The van der Waals surface area contributed by atoms with Gasteiger partial charge in [0.25, 0.3) is 0 Å². The van der Waals surface area contributed by atoms with Crippen LogP contribution in [0.4, 0.5) is 0 Å². The highest BCUT2D eigenvalue weighted by Crippen LogP contribution is 2.32. The van der Waals surface area contributed by atoms with Gasteiger partial charge in [0, 0.05) is 25.7 Å². The van der Waals surface area contributed by atoms with Crippen molar-refractivity contribution in [2.24, 2.45) is 0 Å². The summed E-state index contributed by atoms with van der Waals surface area (Å²) in [4.78, 5) is 7.85. The van der Waals surface area contributed by atoms with Gasteiger partial charge in [0.05, 0.1) is 7.11 Å². The minimum Gasteiger partial charge on any atom is -0.302 e. The first-order chi connectivity index (χ1) is 10.8. The van der Waals surface area contributed by atoms with Gasteiger partial charge in [-0.15, -0.1) is 0 Å². The molecule has 3 heteroatoms. The fourth-order valence-electron chi connectivity index (χ4n) is 3.01. The first kappa shape index (κ1) is 15.2. The van der Waals surface area contributed by atoms with Crippen molar-refractivity contribution in [3.63, 3.8) is 0 Å². The largest absolute Gasteiger partial charge is 0.302 e. The van der Waals surface area contributed by atoms with E-state index >= 15 is 0 Å². The predicted molar refractivity (Wildman–Crippen MR) is 90.4 cm³/mol. The van der Waals surface area contributed by atoms with E-state index < -0.39 is 0 Å². The first-order valence-electron chi connectivity index (χ1n) is 8.00. The number of likely N-dealkylation sites (N-methyl/N-ethyl adjacent to an activating group) is 1. The monoisotopic (exact) mass is 296 g/mol. The predicted octanol–water partition coefficient (Wildman–Crippen LogP) is 3.59. The fraction of sp³-hybridized carbons (Fsp3) is 0.368. The van der Waals surface area contributed by atoms with Crippen LogP contribution in [0.3, 0.4) is 0 Å². The maximum absolute atomic E-state index is 5.34. The van der Waals surface area contributed by atoms with E-state index in [1.165, 1.54) is 16.7 Å². The second kappa shape index (κ2) is 7.05. The summed E-state index contributed by atoms with van der Waals surface area (Å²) in [5.74, 6) is 0. The SMILES string of the molecule is CCN1CCN(OC)CC1c1ccccc1.c1cc2cc-2c1. The van der Waals surface area contributed by atoms with E-state index in [4.69, 9.17) is 4.84 Å². The second-order valence-corrected chi connectivity index (χ2v) is 5.71. The minimum absolute atomic E-state index is 0.458. The van der Waals surface area contributed by atoms with Crippen molar-refractivity contribution in [3.8, 4) is 11.1 Å². The Morgan fingerprint density at radius 2 is 1.73 bits per heavy atom. The summed E-state index contributed by atoms with van der Waals surface area (Å²) in [5.41, 5.74) is 4.23. The summed E-state index contributed by atoms with van der Waals surface area (Å²) in [7, 11) is 1.75. The number of piperazine rings is 1. The molecule has 0 amide bonds. The Morgan fingerprint density at radius 1 is 1.00 bits per heavy atom. The number of hydrogen-bond donors (Lipinski definition) is 0. The van der Waals surface area contributed by atoms with Crippen LogP contribution in [-0.2, 0) is 4.84 Å². The third-order valence-electron chi connectivity index (χ3n) is 4.42. The van der Waals surface area contributed by atoms with Crippen LogP contribution in [0.1, 0.15) is 18.5 Å². The molecule has 1 aliphatic heterocycles. The van der Waals surface area contributed by atoms with E-state index in [-0.39, 0.29) is 0 Å². The van der Waals surface area contributed by atoms with Gasteiger partial charge in [-0.25, -0.2) is 0 Å². The van der Waals surface area contributed by atoms with Crippen molar-refractivity contribution in [3.05, 3.63) is 60.2 Å². The molecule has 4 rings (SSSR count). The number of benzene rings is 2. The molecule has 3 nitrogen and oxygen atoms in total. The molecule has 0 N–H and O–H groups in total. The molecule has 116 valence electrons. The molecule has 0 spiro atoms. The molecule has 0 radical (unpaired) electrons. The van der Waals surface area contributed by atoms with Gasteiger partial charge < -0.3 is 4.84 Å². The molecule has 0 saturated carbocycles. The van der Waals surface area contributed by atoms with Crippen LogP contribution >= 0.6 is 0 Å². The summed E-state index contributed by atoms with van der Waals surface area (Å²) < 4.78 is 0. The molecule has 1 fully saturated rings. The van der Waals surface area contributed by atoms with Gasteiger partial charge in [0.1, 0.15) is 0 Å². The zero-order valence-electron chi connectivity index (χ0n) is 13.4. The number of hydrogen-bond acceptors (Lipinski definition) is 3. The van der Waals surface area contributed by atoms with E-state index in [2.05, 4.69) is 66.4 Å². The van der Waals surface area contributed by atoms with E-state index in [1.807, 2.05) is 5.06 Å². The molecule has 22 heavy (non-hydrogen) atoms. The van der Waals surface area contributed by atoms with Crippen molar-refractivity contribution < 1.29 is 4.84 Å². The smallest absolute Gasteiger partial charge is 0.0575 e. The summed E-state index contributed by atoms with van der Waals surface area (Å²) in [6.07, 6.45) is 0. The van der Waals surface area contributed by atoms with Crippen LogP contribution in [0.2, 0.25) is 0 Å². The Hall–Kier alpha value is -1.68. The standard InChI is InChI=1S/C13H20N2O.C6H4/c1-3-14-9-10-15(16-2)11-13(14)12-7-5-4-6-8-12;1-2-5-4-6(5)3-1/h4-8,13H,3,9-11H2,1-2H3;1-4H. The summed E-state index contributed by atoms with van der Waals surface area (Å²) in [6, 6.07) is 19.6. The minimum atomic E-state index is 0.458. The molecular formula is C19H24N2O. The van der Waals surface area contributed by atoms with Crippen molar-refractivity contribution in [1.82, 2.24) is 9.96 Å². The van der Waals surface area contributed by atoms with Crippen molar-refractivity contribution in [2.75, 3.05) is 33.3 Å². The summed E-state index contributed by atoms with van der Waals surface area (Å²) >= 11 is 0. The van der Waals surface area contributed by atoms with E-state index in [0.717, 1.165) is 26.2 Å². The molecule has 0 bridgehead atoms. The van der Waals surface area contributed by atoms with Crippen molar-refractivity contribution in [2.45, 2.75) is 13.0 Å². The normalized spacial score (nSPS) is 20.2. The Labute approximate surface area is 133 Å². The van der Waals surface area contributed by atoms with E-state index in [1.54, 1.807) is 7.11 Å². The van der Waals surface area contributed by atoms with Crippen LogP contribution in [0, 0.1) is 0 Å². The zero-order valence-corrected chi connectivity index (χ0v) is 13.4. The highest BCUT2D eigenvalue weighted by Gasteiger charge is 2.26. The van der Waals surface area contributed by atoms with Crippen LogP contribution in [-0.4, -0.2) is 43.3 Å². The maximum Gasteiger partial charge on any atom is 0.0575 e. The molecule has 3 aliphatic rings.